The van der Waals surface area contributed by atoms with Crippen LogP contribution in [0.4, 0.5) is 0 Å². The van der Waals surface area contributed by atoms with Crippen molar-refractivity contribution in [2.75, 3.05) is 6.61 Å². The van der Waals surface area contributed by atoms with Crippen molar-refractivity contribution in [1.82, 2.24) is 10.3 Å². The zero-order valence-electron chi connectivity index (χ0n) is 16.3. The monoisotopic (exact) mass is 428 g/mol. The molecule has 2 N–H and O–H groups in total. The van der Waals surface area contributed by atoms with Crippen LogP contribution in [-0.4, -0.2) is 29.5 Å². The zero-order chi connectivity index (χ0) is 21.5. The van der Waals surface area contributed by atoms with Crippen molar-refractivity contribution in [2.45, 2.75) is 25.8 Å². The molecule has 0 unspecified atom stereocenters. The molecule has 1 heterocycles. The van der Waals surface area contributed by atoms with Gasteiger partial charge in [0.15, 0.2) is 0 Å². The first-order chi connectivity index (χ1) is 14.4. The Balaban J connectivity index is 1.73. The van der Waals surface area contributed by atoms with Gasteiger partial charge in [0.25, 0.3) is 5.91 Å². The number of aromatic amines is 1. The van der Waals surface area contributed by atoms with Crippen LogP contribution in [0, 0.1) is 0 Å². The molecule has 0 bridgehead atoms. The first kappa shape index (κ1) is 21.4. The highest BCUT2D eigenvalue weighted by molar-refractivity contribution is 6.30. The summed E-state index contributed by atoms with van der Waals surface area (Å²) in [5, 5.41) is 3.41. The number of hydrogen-bond donors (Lipinski definition) is 2. The summed E-state index contributed by atoms with van der Waals surface area (Å²) in [7, 11) is 0. The smallest absolute Gasteiger partial charge is 0.416 e. The van der Waals surface area contributed by atoms with Crippen molar-refractivity contribution in [1.29, 1.82) is 0 Å². The van der Waals surface area contributed by atoms with Crippen LogP contribution >= 0.6 is 11.6 Å². The molecule has 8 heteroatoms. The van der Waals surface area contributed by atoms with Gasteiger partial charge >= 0.3 is 11.7 Å². The number of aromatic nitrogens is 1. The number of esters is 1. The predicted molar refractivity (Wildman–Crippen MR) is 112 cm³/mol. The Bertz CT molecular complexity index is 1070. The van der Waals surface area contributed by atoms with E-state index in [0.29, 0.717) is 11.4 Å². The third-order valence-corrected chi connectivity index (χ3v) is 4.65. The fraction of sp³-hybridized carbons (Fsp3) is 0.227. The highest BCUT2D eigenvalue weighted by Gasteiger charge is 2.20. The molecule has 0 aliphatic rings. The number of H-pyrrole nitrogens is 1. The van der Waals surface area contributed by atoms with Gasteiger partial charge in [-0.3, -0.25) is 14.6 Å². The molecule has 3 rings (SSSR count). The summed E-state index contributed by atoms with van der Waals surface area (Å²) in [4.78, 5) is 37.7. The van der Waals surface area contributed by atoms with E-state index < -0.39 is 23.7 Å². The molecule has 3 aromatic rings. The third-order valence-electron chi connectivity index (χ3n) is 4.41. The van der Waals surface area contributed by atoms with Crippen molar-refractivity contribution in [3.05, 3.63) is 81.6 Å². The van der Waals surface area contributed by atoms with Gasteiger partial charge in [0, 0.05) is 11.1 Å². The molecule has 0 saturated carbocycles. The maximum absolute atomic E-state index is 12.4. The summed E-state index contributed by atoms with van der Waals surface area (Å²) in [6.45, 7) is 1.97. The van der Waals surface area contributed by atoms with Crippen molar-refractivity contribution in [3.8, 4) is 11.1 Å². The Morgan fingerprint density at radius 1 is 1.17 bits per heavy atom. The van der Waals surface area contributed by atoms with E-state index >= 15 is 0 Å². The first-order valence-corrected chi connectivity index (χ1v) is 9.81. The molecule has 0 fully saturated rings. The molecule has 30 heavy (non-hydrogen) atoms. The van der Waals surface area contributed by atoms with Gasteiger partial charge in [-0.05, 0) is 42.2 Å². The number of oxazole rings is 1. The van der Waals surface area contributed by atoms with Crippen LogP contribution in [0.25, 0.3) is 11.1 Å². The van der Waals surface area contributed by atoms with Crippen LogP contribution in [-0.2, 0) is 16.0 Å². The molecule has 0 saturated heterocycles. The van der Waals surface area contributed by atoms with E-state index in [1.807, 2.05) is 48.5 Å². The molecule has 1 amide bonds. The zero-order valence-corrected chi connectivity index (χ0v) is 17.1. The van der Waals surface area contributed by atoms with Crippen molar-refractivity contribution >= 4 is 23.5 Å². The number of benzene rings is 2. The average Bonchev–Trinajstić information content (AvgIpc) is 3.15. The Kier molecular flexibility index (Phi) is 7.08. The van der Waals surface area contributed by atoms with Gasteiger partial charge in [0.2, 0.25) is 0 Å². The number of carbonyl (C=O) groups is 2. The van der Waals surface area contributed by atoms with Crippen LogP contribution in [0.2, 0.25) is 5.02 Å². The number of ether oxygens (including phenoxy) is 1. The van der Waals surface area contributed by atoms with Crippen LogP contribution in [0.5, 0.6) is 0 Å². The van der Waals surface area contributed by atoms with Gasteiger partial charge in [-0.1, -0.05) is 48.0 Å². The topological polar surface area (TPSA) is 101 Å². The number of carbonyl (C=O) groups excluding carboxylic acids is 2. The van der Waals surface area contributed by atoms with Crippen molar-refractivity contribution < 1.29 is 18.7 Å². The fourth-order valence-corrected chi connectivity index (χ4v) is 3.23. The standard InChI is InChI=1S/C22H21ClN2O5/c1-2-29-20(26)12-18(24-21(27)19-13-30-22(28)25-19)10-14-6-8-15(9-7-14)16-4-3-5-17(23)11-16/h3-9,11,13,18H,2,10,12H2,1H3,(H,24,27)(H,25,28)/t18-/m1/s1. The van der Waals surface area contributed by atoms with Gasteiger partial charge in [-0.15, -0.1) is 0 Å². The molecule has 0 spiro atoms. The molecule has 0 aliphatic heterocycles. The van der Waals surface area contributed by atoms with Gasteiger partial charge in [0.05, 0.1) is 13.0 Å². The van der Waals surface area contributed by atoms with Gasteiger partial charge in [-0.25, -0.2) is 4.79 Å². The summed E-state index contributed by atoms with van der Waals surface area (Å²) < 4.78 is 9.61. The predicted octanol–water partition coefficient (Wildman–Crippen LogP) is 3.58. The number of hydrogen-bond acceptors (Lipinski definition) is 5. The van der Waals surface area contributed by atoms with E-state index in [4.69, 9.17) is 16.3 Å². The van der Waals surface area contributed by atoms with Gasteiger partial charge in [-0.2, -0.15) is 0 Å². The molecule has 0 radical (unpaired) electrons. The van der Waals surface area contributed by atoms with E-state index in [2.05, 4.69) is 14.7 Å². The van der Waals surface area contributed by atoms with Crippen LogP contribution in [0.15, 0.2) is 64.0 Å². The van der Waals surface area contributed by atoms with E-state index in [1.165, 1.54) is 0 Å². The van der Waals surface area contributed by atoms with Gasteiger partial charge in [0.1, 0.15) is 12.0 Å². The normalized spacial score (nSPS) is 11.7. The number of amides is 1. The Morgan fingerprint density at radius 2 is 1.93 bits per heavy atom. The minimum Gasteiger partial charge on any atom is -0.466 e. The molecule has 1 aromatic heterocycles. The SMILES string of the molecule is CCOC(=O)C[C@@H](Cc1ccc(-c2cccc(Cl)c2)cc1)NC(=O)c1coc(=O)[nH]1. The maximum atomic E-state index is 12.4. The minimum absolute atomic E-state index is 0.00227. The lowest BCUT2D eigenvalue weighted by Crippen LogP contribution is -2.38. The van der Waals surface area contributed by atoms with E-state index in [9.17, 15) is 14.4 Å². The Labute approximate surface area is 178 Å². The molecule has 2 aromatic carbocycles. The second-order valence-corrected chi connectivity index (χ2v) is 7.09. The number of nitrogens with one attached hydrogen (secondary N) is 2. The Morgan fingerprint density at radius 3 is 2.57 bits per heavy atom. The van der Waals surface area contributed by atoms with Crippen LogP contribution < -0.4 is 11.1 Å². The van der Waals surface area contributed by atoms with E-state index in [0.717, 1.165) is 23.0 Å². The average molecular weight is 429 g/mol. The summed E-state index contributed by atoms with van der Waals surface area (Å²) >= 11 is 6.06. The number of rotatable bonds is 8. The molecule has 156 valence electrons. The summed E-state index contributed by atoms with van der Waals surface area (Å²) in [5.74, 6) is -1.68. The third kappa shape index (κ3) is 5.84. The summed E-state index contributed by atoms with van der Waals surface area (Å²) in [6.07, 6.45) is 1.44. The van der Waals surface area contributed by atoms with Crippen molar-refractivity contribution in [2.24, 2.45) is 0 Å². The second-order valence-electron chi connectivity index (χ2n) is 6.65. The second kappa shape index (κ2) is 9.93. The van der Waals surface area contributed by atoms with E-state index in [1.54, 1.807) is 6.92 Å². The van der Waals surface area contributed by atoms with Crippen LogP contribution in [0.3, 0.4) is 0 Å². The summed E-state index contributed by atoms with van der Waals surface area (Å²) in [5.41, 5.74) is 2.92. The first-order valence-electron chi connectivity index (χ1n) is 9.43. The molecule has 0 aliphatic carbocycles. The molecular formula is C22H21ClN2O5. The lowest BCUT2D eigenvalue weighted by molar-refractivity contribution is -0.143. The van der Waals surface area contributed by atoms with Gasteiger partial charge < -0.3 is 14.5 Å². The van der Waals surface area contributed by atoms with E-state index in [-0.39, 0.29) is 18.7 Å². The molecule has 7 nitrogen and oxygen atoms in total. The lowest BCUT2D eigenvalue weighted by Gasteiger charge is -2.18. The highest BCUT2D eigenvalue weighted by Crippen LogP contribution is 2.23. The van der Waals surface area contributed by atoms with Crippen molar-refractivity contribution in [3.63, 3.8) is 0 Å². The quantitative estimate of drug-likeness (QED) is 0.534. The number of halogens is 1. The Hall–Kier alpha value is -3.32. The summed E-state index contributed by atoms with van der Waals surface area (Å²) in [6, 6.07) is 14.8. The molecular weight excluding hydrogens is 408 g/mol. The van der Waals surface area contributed by atoms with Crippen LogP contribution in [0.1, 0.15) is 29.4 Å². The lowest BCUT2D eigenvalue weighted by atomic mass is 9.99. The maximum Gasteiger partial charge on any atom is 0.416 e. The largest absolute Gasteiger partial charge is 0.466 e. The highest BCUT2D eigenvalue weighted by atomic mass is 35.5. The fourth-order valence-electron chi connectivity index (χ4n) is 3.04. The minimum atomic E-state index is -0.723. The molecule has 1 atom stereocenters.